The number of carbonyl (C=O) groups excluding carboxylic acids is 1. The van der Waals surface area contributed by atoms with Crippen molar-refractivity contribution in [2.24, 2.45) is 4.99 Å². The minimum Gasteiger partial charge on any atom is -0.378 e. The molecule has 3 rings (SSSR count). The van der Waals surface area contributed by atoms with Gasteiger partial charge in [-0.1, -0.05) is 30.3 Å². The average molecular weight is 430 g/mol. The molecule has 30 heavy (non-hydrogen) atoms. The van der Waals surface area contributed by atoms with Gasteiger partial charge in [-0.3, -0.25) is 9.79 Å². The second-order valence-electron chi connectivity index (χ2n) is 7.28. The van der Waals surface area contributed by atoms with Crippen molar-refractivity contribution < 1.29 is 9.53 Å². The fourth-order valence-corrected chi connectivity index (χ4v) is 4.32. The summed E-state index contributed by atoms with van der Waals surface area (Å²) in [6.45, 7) is 7.83. The number of hydrogen-bond donors (Lipinski definition) is 2. The molecule has 0 saturated carbocycles. The van der Waals surface area contributed by atoms with Gasteiger partial charge in [-0.25, -0.2) is 4.98 Å². The highest BCUT2D eigenvalue weighted by Gasteiger charge is 2.27. The van der Waals surface area contributed by atoms with E-state index in [1.54, 1.807) is 18.4 Å². The molecular weight excluding hydrogens is 398 g/mol. The first-order valence-corrected chi connectivity index (χ1v) is 11.2. The maximum atomic E-state index is 13.2. The molecule has 0 radical (unpaired) electrons. The molecule has 7 nitrogen and oxygen atoms in total. The lowest BCUT2D eigenvalue weighted by Gasteiger charge is -2.31. The number of aryl methyl sites for hydroxylation is 2. The van der Waals surface area contributed by atoms with E-state index in [1.165, 1.54) is 4.88 Å². The van der Waals surface area contributed by atoms with Crippen LogP contribution in [0.3, 0.4) is 0 Å². The number of rotatable bonds is 7. The van der Waals surface area contributed by atoms with E-state index >= 15 is 0 Å². The smallest absolute Gasteiger partial charge is 0.232 e. The zero-order valence-electron chi connectivity index (χ0n) is 18.0. The number of morpholine rings is 1. The van der Waals surface area contributed by atoms with Crippen LogP contribution in [0.25, 0.3) is 0 Å². The second-order valence-corrected chi connectivity index (χ2v) is 8.57. The quantitative estimate of drug-likeness (QED) is 0.521. The zero-order valence-corrected chi connectivity index (χ0v) is 18.8. The van der Waals surface area contributed by atoms with E-state index in [0.29, 0.717) is 38.8 Å². The third kappa shape index (κ3) is 6.03. The zero-order chi connectivity index (χ0) is 21.3. The Morgan fingerprint density at radius 3 is 2.60 bits per heavy atom. The molecule has 162 valence electrons. The molecule has 1 atom stereocenters. The molecule has 2 heterocycles. The number of aromatic nitrogens is 1. The van der Waals surface area contributed by atoms with Gasteiger partial charge in [-0.05, 0) is 19.4 Å². The second kappa shape index (κ2) is 11.1. The van der Waals surface area contributed by atoms with E-state index in [0.717, 1.165) is 29.2 Å². The highest BCUT2D eigenvalue weighted by molar-refractivity contribution is 7.11. The van der Waals surface area contributed by atoms with Crippen LogP contribution in [0.5, 0.6) is 0 Å². The molecule has 0 aliphatic carbocycles. The summed E-state index contributed by atoms with van der Waals surface area (Å²) < 4.78 is 5.40. The summed E-state index contributed by atoms with van der Waals surface area (Å²) in [5.41, 5.74) is 2.11. The lowest BCUT2D eigenvalue weighted by molar-refractivity contribution is -0.136. The molecule has 1 fully saturated rings. The Bertz CT molecular complexity index is 827. The molecular formula is C22H31N5O2S. The van der Waals surface area contributed by atoms with Crippen molar-refractivity contribution in [1.29, 1.82) is 0 Å². The number of hydrogen-bond acceptors (Lipinski definition) is 5. The van der Waals surface area contributed by atoms with Crippen molar-refractivity contribution in [2.45, 2.75) is 26.2 Å². The minimum absolute atomic E-state index is 0.126. The van der Waals surface area contributed by atoms with Crippen LogP contribution in [0.1, 0.15) is 27.1 Å². The predicted octanol–water partition coefficient (Wildman–Crippen LogP) is 2.11. The molecule has 1 aliphatic rings. The van der Waals surface area contributed by atoms with E-state index < -0.39 is 0 Å². The maximum Gasteiger partial charge on any atom is 0.232 e. The van der Waals surface area contributed by atoms with Gasteiger partial charge in [0.15, 0.2) is 5.96 Å². The SMILES string of the molecule is CN=C(NCCc1nc(C)c(C)s1)NCC(C(=O)N1CCOCC1)c1ccccc1. The van der Waals surface area contributed by atoms with Gasteiger partial charge in [0.2, 0.25) is 5.91 Å². The molecule has 1 aliphatic heterocycles. The van der Waals surface area contributed by atoms with Crippen molar-refractivity contribution in [3.63, 3.8) is 0 Å². The summed E-state index contributed by atoms with van der Waals surface area (Å²) >= 11 is 1.74. The summed E-state index contributed by atoms with van der Waals surface area (Å²) in [4.78, 5) is 25.2. The first-order chi connectivity index (χ1) is 14.6. The van der Waals surface area contributed by atoms with Gasteiger partial charge in [0.1, 0.15) is 0 Å². The Kier molecular flexibility index (Phi) is 8.21. The Labute approximate surface area is 182 Å². The molecule has 0 spiro atoms. The van der Waals surface area contributed by atoms with Gasteiger partial charge in [-0.2, -0.15) is 0 Å². The summed E-state index contributed by atoms with van der Waals surface area (Å²) in [6.07, 6.45) is 0.842. The number of ether oxygens (including phenoxy) is 1. The van der Waals surface area contributed by atoms with Gasteiger partial charge in [0.25, 0.3) is 0 Å². The highest BCUT2D eigenvalue weighted by atomic mass is 32.1. The Hall–Kier alpha value is -2.45. The third-order valence-electron chi connectivity index (χ3n) is 5.22. The van der Waals surface area contributed by atoms with E-state index in [2.05, 4.69) is 27.5 Å². The Balaban J connectivity index is 1.58. The molecule has 1 amide bonds. The monoisotopic (exact) mass is 429 g/mol. The number of guanidine groups is 1. The van der Waals surface area contributed by atoms with Gasteiger partial charge in [0.05, 0.1) is 29.8 Å². The van der Waals surface area contributed by atoms with Crippen molar-refractivity contribution in [3.05, 3.63) is 51.5 Å². The molecule has 2 aromatic rings. The summed E-state index contributed by atoms with van der Waals surface area (Å²) in [7, 11) is 1.74. The van der Waals surface area contributed by atoms with Crippen LogP contribution in [0.4, 0.5) is 0 Å². The lowest BCUT2D eigenvalue weighted by atomic mass is 9.97. The number of carbonyl (C=O) groups is 1. The Morgan fingerprint density at radius 2 is 1.97 bits per heavy atom. The molecule has 8 heteroatoms. The average Bonchev–Trinajstić information content (AvgIpc) is 3.10. The van der Waals surface area contributed by atoms with Gasteiger partial charge >= 0.3 is 0 Å². The molecule has 2 N–H and O–H groups in total. The van der Waals surface area contributed by atoms with Gasteiger partial charge in [-0.15, -0.1) is 11.3 Å². The number of aliphatic imine (C=N–C) groups is 1. The third-order valence-corrected chi connectivity index (χ3v) is 6.36. The minimum atomic E-state index is -0.271. The number of amides is 1. The fraction of sp³-hybridized carbons (Fsp3) is 0.500. The van der Waals surface area contributed by atoms with Gasteiger partial charge < -0.3 is 20.3 Å². The van der Waals surface area contributed by atoms with E-state index in [1.807, 2.05) is 42.2 Å². The maximum absolute atomic E-state index is 13.2. The van der Waals surface area contributed by atoms with Crippen LogP contribution in [0, 0.1) is 13.8 Å². The summed E-state index contributed by atoms with van der Waals surface area (Å²) in [5, 5.41) is 7.79. The van der Waals surface area contributed by atoms with Gasteiger partial charge in [0, 0.05) is 44.5 Å². The highest BCUT2D eigenvalue weighted by Crippen LogP contribution is 2.19. The van der Waals surface area contributed by atoms with Crippen LogP contribution >= 0.6 is 11.3 Å². The van der Waals surface area contributed by atoms with Crippen LogP contribution in [-0.4, -0.2) is 68.2 Å². The van der Waals surface area contributed by atoms with Crippen molar-refractivity contribution in [2.75, 3.05) is 46.4 Å². The lowest BCUT2D eigenvalue weighted by Crippen LogP contribution is -2.47. The molecule has 1 aromatic heterocycles. The van der Waals surface area contributed by atoms with E-state index in [4.69, 9.17) is 4.74 Å². The Morgan fingerprint density at radius 1 is 1.23 bits per heavy atom. The number of thiazole rings is 1. The largest absolute Gasteiger partial charge is 0.378 e. The van der Waals surface area contributed by atoms with Crippen molar-refractivity contribution in [1.82, 2.24) is 20.5 Å². The molecule has 1 unspecified atom stereocenters. The molecule has 1 aromatic carbocycles. The summed E-state index contributed by atoms with van der Waals surface area (Å²) in [6, 6.07) is 9.93. The topological polar surface area (TPSA) is 78.8 Å². The fourth-order valence-electron chi connectivity index (χ4n) is 3.39. The first-order valence-electron chi connectivity index (χ1n) is 10.4. The van der Waals surface area contributed by atoms with E-state index in [-0.39, 0.29) is 11.8 Å². The standard InChI is InChI=1S/C22H31N5O2S/c1-16-17(2)30-20(26-16)9-10-24-22(23-3)25-15-19(18-7-5-4-6-8-18)21(28)27-11-13-29-14-12-27/h4-8,19H,9-15H2,1-3H3,(H2,23,24,25). The van der Waals surface area contributed by atoms with Crippen molar-refractivity contribution in [3.8, 4) is 0 Å². The molecule has 0 bridgehead atoms. The van der Waals surface area contributed by atoms with E-state index in [9.17, 15) is 4.79 Å². The first kappa shape index (κ1) is 22.2. The number of benzene rings is 1. The van der Waals surface area contributed by atoms with Crippen LogP contribution < -0.4 is 10.6 Å². The number of nitrogens with zero attached hydrogens (tertiary/aromatic N) is 3. The predicted molar refractivity (Wildman–Crippen MR) is 121 cm³/mol. The molecule has 1 saturated heterocycles. The van der Waals surface area contributed by atoms with Crippen LogP contribution in [0.15, 0.2) is 35.3 Å². The van der Waals surface area contributed by atoms with Crippen LogP contribution in [-0.2, 0) is 16.0 Å². The number of nitrogens with one attached hydrogen (secondary N) is 2. The van der Waals surface area contributed by atoms with Crippen LogP contribution in [0.2, 0.25) is 0 Å². The summed E-state index contributed by atoms with van der Waals surface area (Å²) in [5.74, 6) is 0.545. The van der Waals surface area contributed by atoms with Crippen molar-refractivity contribution >= 4 is 23.2 Å². The normalized spacial score (nSPS) is 15.7.